The van der Waals surface area contributed by atoms with E-state index in [1.807, 2.05) is 85.8 Å². The third-order valence-corrected chi connectivity index (χ3v) is 6.14. The van der Waals surface area contributed by atoms with Crippen molar-refractivity contribution >= 4 is 34.6 Å². The summed E-state index contributed by atoms with van der Waals surface area (Å²) in [5, 5.41) is 4.72. The fourth-order valence-electron chi connectivity index (χ4n) is 4.07. The first-order valence-electron chi connectivity index (χ1n) is 10.7. The first kappa shape index (κ1) is 21.5. The smallest absolute Gasteiger partial charge is 0.174 e. The minimum Gasteiger partial charge on any atom is -0.494 e. The minimum atomic E-state index is -0.218. The zero-order chi connectivity index (χ0) is 22.8. The topological polar surface area (TPSA) is 50.5 Å². The summed E-state index contributed by atoms with van der Waals surface area (Å²) in [6, 6.07) is 25.0. The number of benzene rings is 2. The summed E-state index contributed by atoms with van der Waals surface area (Å²) in [6.07, 6.45) is 1.79. The van der Waals surface area contributed by atoms with Crippen molar-refractivity contribution in [2.75, 3.05) is 11.5 Å². The lowest BCUT2D eigenvalue weighted by Crippen LogP contribution is -2.29. The Morgan fingerprint density at radius 2 is 1.82 bits per heavy atom. The van der Waals surface area contributed by atoms with E-state index in [0.717, 1.165) is 34.2 Å². The van der Waals surface area contributed by atoms with Crippen LogP contribution in [0.15, 0.2) is 89.5 Å². The number of halogens is 1. The fourth-order valence-corrected chi connectivity index (χ4v) is 4.54. The number of furan rings is 1. The Labute approximate surface area is 203 Å². The molecule has 166 valence electrons. The second-order valence-corrected chi connectivity index (χ2v) is 8.46. The molecule has 0 aliphatic carbocycles. The van der Waals surface area contributed by atoms with Gasteiger partial charge in [-0.25, -0.2) is 0 Å². The second kappa shape index (κ2) is 9.25. The molecule has 2 atom stereocenters. The molecule has 33 heavy (non-hydrogen) atoms. The molecule has 1 fully saturated rings. The number of hydrogen-bond acceptors (Lipinski definition) is 4. The molecule has 5 nitrogen and oxygen atoms in total. The molecule has 1 aliphatic heterocycles. The summed E-state index contributed by atoms with van der Waals surface area (Å²) in [4.78, 5) is 6.64. The lowest BCUT2D eigenvalue weighted by molar-refractivity contribution is 0.340. The Kier molecular flexibility index (Phi) is 6.03. The Morgan fingerprint density at radius 3 is 2.52 bits per heavy atom. The summed E-state index contributed by atoms with van der Waals surface area (Å²) in [5.74, 6) is 2.40. The lowest BCUT2D eigenvalue weighted by Gasteiger charge is -2.26. The summed E-state index contributed by atoms with van der Waals surface area (Å²) in [6.45, 7) is 2.60. The molecule has 1 aliphatic rings. The number of anilines is 1. The van der Waals surface area contributed by atoms with Crippen LogP contribution in [0.4, 0.5) is 5.69 Å². The van der Waals surface area contributed by atoms with Crippen molar-refractivity contribution in [2.45, 2.75) is 19.0 Å². The van der Waals surface area contributed by atoms with Crippen LogP contribution in [0, 0.1) is 0 Å². The van der Waals surface area contributed by atoms with Crippen LogP contribution in [0.3, 0.4) is 0 Å². The van der Waals surface area contributed by atoms with Gasteiger partial charge in [-0.05, 0) is 91.9 Å². The highest BCUT2D eigenvalue weighted by Crippen LogP contribution is 2.43. The molecule has 1 N–H and O–H groups in total. The van der Waals surface area contributed by atoms with E-state index in [1.54, 1.807) is 6.20 Å². The molecule has 0 bridgehead atoms. The molecule has 5 rings (SSSR count). The van der Waals surface area contributed by atoms with Crippen molar-refractivity contribution in [3.05, 3.63) is 102 Å². The number of nitrogens with one attached hydrogen (secondary N) is 1. The third kappa shape index (κ3) is 4.32. The summed E-state index contributed by atoms with van der Waals surface area (Å²) in [5.41, 5.74) is 2.80. The molecule has 0 amide bonds. The number of nitrogens with zero attached hydrogens (tertiary/aromatic N) is 2. The molecule has 2 aromatic carbocycles. The van der Waals surface area contributed by atoms with E-state index in [-0.39, 0.29) is 12.1 Å². The number of rotatable bonds is 6. The van der Waals surface area contributed by atoms with Gasteiger partial charge in [0.25, 0.3) is 0 Å². The predicted octanol–water partition coefficient (Wildman–Crippen LogP) is 6.57. The van der Waals surface area contributed by atoms with Gasteiger partial charge in [-0.2, -0.15) is 0 Å². The van der Waals surface area contributed by atoms with Crippen LogP contribution in [0.1, 0.15) is 30.5 Å². The molecular formula is C26H22ClN3O2S. The standard InChI is InChI=1S/C26H22ClN3O2S/c1-2-31-20-12-6-17(7-13-20)22-14-15-23(32-22)25-24(21-5-3-4-16-28-21)29-26(33)30(25)19-10-8-18(27)9-11-19/h3-16,24-25H,2H2,1H3,(H,29,33)/t24-,25-/m0/s1. The number of ether oxygens (including phenoxy) is 1. The largest absolute Gasteiger partial charge is 0.494 e. The first-order chi connectivity index (χ1) is 16.1. The van der Waals surface area contributed by atoms with Gasteiger partial charge in [0, 0.05) is 22.5 Å². The fraction of sp³-hybridized carbons (Fsp3) is 0.154. The summed E-state index contributed by atoms with van der Waals surface area (Å²) < 4.78 is 11.9. The molecular weight excluding hydrogens is 454 g/mol. The van der Waals surface area contributed by atoms with Gasteiger partial charge in [0.2, 0.25) is 0 Å². The maximum atomic E-state index is 6.39. The minimum absolute atomic E-state index is 0.172. The quantitative estimate of drug-likeness (QED) is 0.318. The van der Waals surface area contributed by atoms with Gasteiger partial charge in [-0.1, -0.05) is 17.7 Å². The van der Waals surface area contributed by atoms with E-state index < -0.39 is 0 Å². The molecule has 2 aromatic heterocycles. The monoisotopic (exact) mass is 475 g/mol. The van der Waals surface area contributed by atoms with Crippen molar-refractivity contribution in [3.8, 4) is 17.1 Å². The van der Waals surface area contributed by atoms with E-state index in [1.165, 1.54) is 0 Å². The number of aromatic nitrogens is 1. The summed E-state index contributed by atoms with van der Waals surface area (Å²) in [7, 11) is 0. The zero-order valence-corrected chi connectivity index (χ0v) is 19.5. The van der Waals surface area contributed by atoms with Crippen LogP contribution in [-0.2, 0) is 0 Å². The number of pyridine rings is 1. The zero-order valence-electron chi connectivity index (χ0n) is 17.9. The highest BCUT2D eigenvalue weighted by atomic mass is 35.5. The van der Waals surface area contributed by atoms with Crippen LogP contribution in [0.2, 0.25) is 5.02 Å². The van der Waals surface area contributed by atoms with Crippen molar-refractivity contribution in [1.29, 1.82) is 0 Å². The van der Waals surface area contributed by atoms with Crippen LogP contribution in [0.25, 0.3) is 11.3 Å². The average molecular weight is 476 g/mol. The Morgan fingerprint density at radius 1 is 1.03 bits per heavy atom. The Bertz CT molecular complexity index is 1240. The highest BCUT2D eigenvalue weighted by molar-refractivity contribution is 7.80. The second-order valence-electron chi connectivity index (χ2n) is 7.63. The Balaban J connectivity index is 1.54. The predicted molar refractivity (Wildman–Crippen MR) is 135 cm³/mol. The van der Waals surface area contributed by atoms with Crippen molar-refractivity contribution in [3.63, 3.8) is 0 Å². The third-order valence-electron chi connectivity index (χ3n) is 5.57. The van der Waals surface area contributed by atoms with E-state index >= 15 is 0 Å². The van der Waals surface area contributed by atoms with Crippen LogP contribution < -0.4 is 15.0 Å². The lowest BCUT2D eigenvalue weighted by atomic mass is 10.0. The van der Waals surface area contributed by atoms with E-state index in [0.29, 0.717) is 16.7 Å². The van der Waals surface area contributed by atoms with Crippen LogP contribution >= 0.6 is 23.8 Å². The Hall–Kier alpha value is -3.35. The van der Waals surface area contributed by atoms with Gasteiger partial charge in [-0.15, -0.1) is 0 Å². The number of thiocarbonyl (C=S) groups is 1. The maximum Gasteiger partial charge on any atom is 0.174 e. The molecule has 3 heterocycles. The van der Waals surface area contributed by atoms with Gasteiger partial charge in [-0.3, -0.25) is 4.98 Å². The van der Waals surface area contributed by atoms with Gasteiger partial charge in [0.05, 0.1) is 18.3 Å². The SMILES string of the molecule is CCOc1ccc(-c2ccc([C@H]3[C@H](c4ccccn4)NC(=S)N3c3ccc(Cl)cc3)o2)cc1. The highest BCUT2D eigenvalue weighted by Gasteiger charge is 2.42. The van der Waals surface area contributed by atoms with Crippen molar-refractivity contribution in [2.24, 2.45) is 0 Å². The molecule has 0 spiro atoms. The molecule has 4 aromatic rings. The first-order valence-corrected chi connectivity index (χ1v) is 11.5. The average Bonchev–Trinajstić information content (AvgIpc) is 3.46. The van der Waals surface area contributed by atoms with Crippen LogP contribution in [0.5, 0.6) is 5.75 Å². The molecule has 0 saturated carbocycles. The van der Waals surface area contributed by atoms with E-state index in [4.69, 9.17) is 33.0 Å². The molecule has 1 saturated heterocycles. The van der Waals surface area contributed by atoms with Gasteiger partial charge >= 0.3 is 0 Å². The van der Waals surface area contributed by atoms with Gasteiger partial charge in [0.15, 0.2) is 5.11 Å². The van der Waals surface area contributed by atoms with E-state index in [2.05, 4.69) is 15.2 Å². The maximum absolute atomic E-state index is 6.39. The molecule has 0 unspecified atom stereocenters. The van der Waals surface area contributed by atoms with Crippen LogP contribution in [-0.4, -0.2) is 16.7 Å². The van der Waals surface area contributed by atoms with Crippen molar-refractivity contribution < 1.29 is 9.15 Å². The van der Waals surface area contributed by atoms with E-state index in [9.17, 15) is 0 Å². The summed E-state index contributed by atoms with van der Waals surface area (Å²) >= 11 is 11.9. The van der Waals surface area contributed by atoms with Gasteiger partial charge < -0.3 is 19.4 Å². The van der Waals surface area contributed by atoms with Gasteiger partial charge in [0.1, 0.15) is 23.3 Å². The van der Waals surface area contributed by atoms with Crippen molar-refractivity contribution in [1.82, 2.24) is 10.3 Å². The molecule has 7 heteroatoms. The molecule has 0 radical (unpaired) electrons. The number of hydrogen-bond donors (Lipinski definition) is 1. The normalized spacial score (nSPS) is 17.8.